The molecule has 0 aliphatic carbocycles. The number of nitrogens with two attached hydrogens (primary N) is 1. The van der Waals surface area contributed by atoms with Crippen molar-refractivity contribution >= 4 is 29.1 Å². The average molecular weight is 392 g/mol. The number of non-ortho nitro benzene ring substituents is 1. The van der Waals surface area contributed by atoms with Crippen molar-refractivity contribution in [1.82, 2.24) is 4.90 Å². The van der Waals surface area contributed by atoms with Crippen molar-refractivity contribution in [3.05, 3.63) is 69.2 Å². The quantitative estimate of drug-likeness (QED) is 0.520. The van der Waals surface area contributed by atoms with Crippen molar-refractivity contribution in [2.75, 3.05) is 13.2 Å². The van der Waals surface area contributed by atoms with Crippen LogP contribution >= 0.6 is 11.6 Å². The van der Waals surface area contributed by atoms with Crippen LogP contribution in [0.3, 0.4) is 0 Å². The standard InChI is InChI=1S/C18H18ClN3O5/c19-15-10-14(22(25)26)6-7-16(15)27-12-18(24)21(9-8-17(20)23)11-13-4-2-1-3-5-13/h1-7,10H,8-9,11-12H2,(H2,20,23). The smallest absolute Gasteiger partial charge is 0.271 e. The van der Waals surface area contributed by atoms with Gasteiger partial charge in [-0.15, -0.1) is 0 Å². The van der Waals surface area contributed by atoms with Crippen LogP contribution in [-0.2, 0) is 16.1 Å². The predicted molar refractivity (Wildman–Crippen MR) is 99.3 cm³/mol. The lowest BCUT2D eigenvalue weighted by Crippen LogP contribution is -2.36. The Morgan fingerprint density at radius 3 is 2.48 bits per heavy atom. The van der Waals surface area contributed by atoms with Gasteiger partial charge in [0.15, 0.2) is 6.61 Å². The molecule has 0 unspecified atom stereocenters. The van der Waals surface area contributed by atoms with Crippen LogP contribution < -0.4 is 10.5 Å². The number of rotatable bonds is 9. The number of nitro groups is 1. The van der Waals surface area contributed by atoms with Gasteiger partial charge in [0.25, 0.3) is 11.6 Å². The summed E-state index contributed by atoms with van der Waals surface area (Å²) in [6.07, 6.45) is 0.0247. The topological polar surface area (TPSA) is 116 Å². The van der Waals surface area contributed by atoms with Crippen LogP contribution in [0.5, 0.6) is 5.75 Å². The van der Waals surface area contributed by atoms with Crippen molar-refractivity contribution in [1.29, 1.82) is 0 Å². The molecular weight excluding hydrogens is 374 g/mol. The first-order valence-electron chi connectivity index (χ1n) is 8.03. The third-order valence-corrected chi connectivity index (χ3v) is 3.97. The van der Waals surface area contributed by atoms with E-state index in [1.165, 1.54) is 17.0 Å². The number of amides is 2. The Kier molecular flexibility index (Phi) is 7.13. The Balaban J connectivity index is 2.04. The first kappa shape index (κ1) is 20.2. The second-order valence-electron chi connectivity index (χ2n) is 5.68. The van der Waals surface area contributed by atoms with E-state index in [4.69, 9.17) is 22.1 Å². The van der Waals surface area contributed by atoms with E-state index in [1.807, 2.05) is 30.3 Å². The van der Waals surface area contributed by atoms with Gasteiger partial charge in [-0.3, -0.25) is 19.7 Å². The first-order chi connectivity index (χ1) is 12.9. The molecule has 0 aliphatic rings. The van der Waals surface area contributed by atoms with Gasteiger partial charge in [-0.05, 0) is 11.6 Å². The highest BCUT2D eigenvalue weighted by Gasteiger charge is 2.17. The van der Waals surface area contributed by atoms with E-state index in [-0.39, 0.29) is 41.9 Å². The van der Waals surface area contributed by atoms with Crippen molar-refractivity contribution in [2.24, 2.45) is 5.73 Å². The number of hydrogen-bond acceptors (Lipinski definition) is 5. The number of primary amides is 1. The number of halogens is 1. The molecule has 0 aromatic heterocycles. The molecule has 27 heavy (non-hydrogen) atoms. The molecular formula is C18H18ClN3O5. The molecule has 0 saturated carbocycles. The third-order valence-electron chi connectivity index (χ3n) is 3.67. The van der Waals surface area contributed by atoms with Crippen LogP contribution in [0.25, 0.3) is 0 Å². The summed E-state index contributed by atoms with van der Waals surface area (Å²) in [5.41, 5.74) is 5.89. The van der Waals surface area contributed by atoms with Gasteiger partial charge in [0.1, 0.15) is 5.75 Å². The second kappa shape index (κ2) is 9.54. The SMILES string of the molecule is NC(=O)CCN(Cc1ccccc1)C(=O)COc1ccc([N+](=O)[O-])cc1Cl. The van der Waals surface area contributed by atoms with Crippen LogP contribution in [0.1, 0.15) is 12.0 Å². The number of hydrogen-bond donors (Lipinski definition) is 1. The van der Waals surface area contributed by atoms with E-state index in [0.29, 0.717) is 6.54 Å². The second-order valence-corrected chi connectivity index (χ2v) is 6.08. The van der Waals surface area contributed by atoms with Gasteiger partial charge < -0.3 is 15.4 Å². The zero-order valence-corrected chi connectivity index (χ0v) is 15.1. The van der Waals surface area contributed by atoms with Crippen LogP contribution in [-0.4, -0.2) is 34.8 Å². The van der Waals surface area contributed by atoms with Crippen molar-refractivity contribution < 1.29 is 19.2 Å². The number of nitro benzene ring substituents is 1. The molecule has 0 radical (unpaired) electrons. The highest BCUT2D eigenvalue weighted by Crippen LogP contribution is 2.28. The lowest BCUT2D eigenvalue weighted by Gasteiger charge is -2.22. The molecule has 9 heteroatoms. The number of benzene rings is 2. The fourth-order valence-corrected chi connectivity index (χ4v) is 2.52. The number of nitrogens with zero attached hydrogens (tertiary/aromatic N) is 2. The van der Waals surface area contributed by atoms with Crippen molar-refractivity contribution in [3.8, 4) is 5.75 Å². The molecule has 0 saturated heterocycles. The molecule has 2 rings (SSSR count). The van der Waals surface area contributed by atoms with Gasteiger partial charge in [0.2, 0.25) is 5.91 Å². The fraction of sp³-hybridized carbons (Fsp3) is 0.222. The van der Waals surface area contributed by atoms with Gasteiger partial charge in [0, 0.05) is 31.6 Å². The summed E-state index contributed by atoms with van der Waals surface area (Å²) in [5, 5.41) is 10.8. The molecule has 2 aromatic rings. The minimum atomic E-state index is -0.577. The maximum absolute atomic E-state index is 12.5. The Hall–Kier alpha value is -3.13. The number of carbonyl (C=O) groups is 2. The maximum atomic E-state index is 12.5. The van der Waals surface area contributed by atoms with Gasteiger partial charge >= 0.3 is 0 Å². The van der Waals surface area contributed by atoms with E-state index in [0.717, 1.165) is 11.6 Å². The van der Waals surface area contributed by atoms with E-state index >= 15 is 0 Å². The Labute approximate surface area is 160 Å². The zero-order chi connectivity index (χ0) is 19.8. The van der Waals surface area contributed by atoms with Gasteiger partial charge in [0.05, 0.1) is 9.95 Å². The molecule has 2 N–H and O–H groups in total. The summed E-state index contributed by atoms with van der Waals surface area (Å²) in [5.74, 6) is -0.722. The molecule has 0 heterocycles. The molecule has 2 amide bonds. The van der Waals surface area contributed by atoms with Crippen LogP contribution in [0.2, 0.25) is 5.02 Å². The summed E-state index contributed by atoms with van der Waals surface area (Å²) < 4.78 is 5.40. The Morgan fingerprint density at radius 1 is 1.19 bits per heavy atom. The normalized spacial score (nSPS) is 10.3. The van der Waals surface area contributed by atoms with Gasteiger partial charge in [-0.25, -0.2) is 0 Å². The highest BCUT2D eigenvalue weighted by molar-refractivity contribution is 6.32. The van der Waals surface area contributed by atoms with E-state index in [2.05, 4.69) is 0 Å². The molecule has 0 fully saturated rings. The van der Waals surface area contributed by atoms with E-state index in [1.54, 1.807) is 0 Å². The van der Waals surface area contributed by atoms with Crippen molar-refractivity contribution in [2.45, 2.75) is 13.0 Å². The Bertz CT molecular complexity index is 829. The average Bonchev–Trinajstić information content (AvgIpc) is 2.64. The van der Waals surface area contributed by atoms with Crippen LogP contribution in [0, 0.1) is 10.1 Å². The molecule has 2 aromatic carbocycles. The predicted octanol–water partition coefficient (Wildman–Crippen LogP) is 2.53. The van der Waals surface area contributed by atoms with Gasteiger partial charge in [-0.2, -0.15) is 0 Å². The minimum absolute atomic E-state index is 0.0247. The largest absolute Gasteiger partial charge is 0.482 e. The first-order valence-corrected chi connectivity index (χ1v) is 8.41. The lowest BCUT2D eigenvalue weighted by atomic mass is 10.2. The zero-order valence-electron chi connectivity index (χ0n) is 14.3. The van der Waals surface area contributed by atoms with E-state index < -0.39 is 10.8 Å². The molecule has 8 nitrogen and oxygen atoms in total. The van der Waals surface area contributed by atoms with Crippen LogP contribution in [0.4, 0.5) is 5.69 Å². The summed E-state index contributed by atoms with van der Waals surface area (Å²) >= 11 is 5.95. The third kappa shape index (κ3) is 6.27. The minimum Gasteiger partial charge on any atom is -0.482 e. The molecule has 0 bridgehead atoms. The summed E-state index contributed by atoms with van der Waals surface area (Å²) in [6, 6.07) is 13.0. The molecule has 142 valence electrons. The van der Waals surface area contributed by atoms with E-state index in [9.17, 15) is 19.7 Å². The number of carbonyl (C=O) groups excluding carboxylic acids is 2. The summed E-state index contributed by atoms with van der Waals surface area (Å²) in [4.78, 5) is 35.2. The molecule has 0 atom stereocenters. The summed E-state index contributed by atoms with van der Waals surface area (Å²) in [6.45, 7) is 0.119. The van der Waals surface area contributed by atoms with Crippen LogP contribution in [0.15, 0.2) is 48.5 Å². The molecule has 0 spiro atoms. The summed E-state index contributed by atoms with van der Waals surface area (Å²) in [7, 11) is 0. The fourth-order valence-electron chi connectivity index (χ4n) is 2.29. The number of ether oxygens (including phenoxy) is 1. The van der Waals surface area contributed by atoms with Gasteiger partial charge in [-0.1, -0.05) is 41.9 Å². The highest BCUT2D eigenvalue weighted by atomic mass is 35.5. The molecule has 0 aliphatic heterocycles. The monoisotopic (exact) mass is 391 g/mol. The lowest BCUT2D eigenvalue weighted by molar-refractivity contribution is -0.384. The van der Waals surface area contributed by atoms with Crippen molar-refractivity contribution in [3.63, 3.8) is 0 Å². The Morgan fingerprint density at radius 2 is 1.89 bits per heavy atom. The maximum Gasteiger partial charge on any atom is 0.271 e.